The number of fused-ring (bicyclic) bond motifs is 1. The monoisotopic (exact) mass is 412 g/mol. The van der Waals surface area contributed by atoms with E-state index in [1.165, 1.54) is 5.56 Å². The van der Waals surface area contributed by atoms with Gasteiger partial charge in [-0.3, -0.25) is 4.57 Å². The van der Waals surface area contributed by atoms with E-state index in [9.17, 15) is 0 Å². The van der Waals surface area contributed by atoms with Crippen LogP contribution in [-0.2, 0) is 6.54 Å². The van der Waals surface area contributed by atoms with Gasteiger partial charge in [-0.15, -0.1) is 0 Å². The Balaban J connectivity index is 1.41. The number of methoxy groups -OCH3 is 1. The molecule has 1 aliphatic rings. The molecule has 1 aliphatic heterocycles. The molecule has 0 fully saturated rings. The Bertz CT molecular complexity index is 1220. The summed E-state index contributed by atoms with van der Waals surface area (Å²) >= 11 is 0. The van der Waals surface area contributed by atoms with Crippen molar-refractivity contribution in [2.45, 2.75) is 32.2 Å². The summed E-state index contributed by atoms with van der Waals surface area (Å²) < 4.78 is 9.45. The number of ether oxygens (including phenoxy) is 1. The molecule has 156 valence electrons. The first kappa shape index (κ1) is 19.2. The fourth-order valence-corrected chi connectivity index (χ4v) is 4.04. The minimum atomic E-state index is 0.296. The highest BCUT2D eigenvalue weighted by atomic mass is 16.5. The van der Waals surface area contributed by atoms with Gasteiger partial charge < -0.3 is 4.74 Å². The van der Waals surface area contributed by atoms with Crippen LogP contribution in [0, 0.1) is 6.92 Å². The number of rotatable bonds is 5. The van der Waals surface area contributed by atoms with Gasteiger partial charge in [0.25, 0.3) is 0 Å². The van der Waals surface area contributed by atoms with Crippen LogP contribution in [0.2, 0.25) is 0 Å². The van der Waals surface area contributed by atoms with Crippen molar-refractivity contribution in [3.8, 4) is 11.6 Å². The Morgan fingerprint density at radius 1 is 1.13 bits per heavy atom. The number of aryl methyl sites for hydroxylation is 2. The Labute approximate surface area is 181 Å². The lowest BCUT2D eigenvalue weighted by Crippen LogP contribution is -2.17. The van der Waals surface area contributed by atoms with Gasteiger partial charge in [-0.2, -0.15) is 5.10 Å². The molecule has 7 nitrogen and oxygen atoms in total. The number of nitrogens with zero attached hydrogens (tertiary/aromatic N) is 6. The molecule has 7 heteroatoms. The standard InChI is InChI=1S/C24H24N6O/c1-17-15-29(16-26-17)24-21(31-2)13-18(14-25-24)10-11-22-27-23-20(9-6-12-30(23)28-22)19-7-4-3-5-8-19/h3-5,7-8,10-11,13-16,20H,6,9,12H2,1-2H3/b11-10+/t20-/m0/s1. The van der Waals surface area contributed by atoms with E-state index in [1.54, 1.807) is 13.4 Å². The molecule has 0 saturated carbocycles. The van der Waals surface area contributed by atoms with Crippen LogP contribution < -0.4 is 4.74 Å². The molecule has 0 spiro atoms. The van der Waals surface area contributed by atoms with Gasteiger partial charge in [0.1, 0.15) is 12.2 Å². The maximum absolute atomic E-state index is 5.55. The van der Waals surface area contributed by atoms with Crippen LogP contribution >= 0.6 is 0 Å². The molecule has 0 aliphatic carbocycles. The largest absolute Gasteiger partial charge is 0.493 e. The van der Waals surface area contributed by atoms with Gasteiger partial charge in [-0.25, -0.2) is 19.6 Å². The highest BCUT2D eigenvalue weighted by Gasteiger charge is 2.25. The van der Waals surface area contributed by atoms with Crippen molar-refractivity contribution in [2.24, 2.45) is 0 Å². The van der Waals surface area contributed by atoms with Crippen molar-refractivity contribution in [3.05, 3.63) is 83.6 Å². The van der Waals surface area contributed by atoms with Gasteiger partial charge in [0.2, 0.25) is 0 Å². The molecular weight excluding hydrogens is 388 g/mol. The minimum absolute atomic E-state index is 0.296. The number of benzene rings is 1. The molecule has 0 unspecified atom stereocenters. The van der Waals surface area contributed by atoms with Gasteiger partial charge in [-0.1, -0.05) is 30.3 Å². The minimum Gasteiger partial charge on any atom is -0.493 e. The Kier molecular flexibility index (Phi) is 5.08. The normalized spacial score (nSPS) is 15.9. The first-order valence-corrected chi connectivity index (χ1v) is 10.4. The zero-order valence-corrected chi connectivity index (χ0v) is 17.6. The van der Waals surface area contributed by atoms with Crippen LogP contribution in [0.4, 0.5) is 0 Å². The molecular formula is C24H24N6O. The predicted octanol–water partition coefficient (Wildman–Crippen LogP) is 4.27. The summed E-state index contributed by atoms with van der Waals surface area (Å²) in [5.41, 5.74) is 3.15. The summed E-state index contributed by atoms with van der Waals surface area (Å²) in [7, 11) is 1.65. The average Bonchev–Trinajstić information content (AvgIpc) is 3.43. The molecule has 1 atom stereocenters. The van der Waals surface area contributed by atoms with Crippen molar-refractivity contribution >= 4 is 12.2 Å². The van der Waals surface area contributed by atoms with E-state index in [0.717, 1.165) is 36.5 Å². The first-order chi connectivity index (χ1) is 15.2. The van der Waals surface area contributed by atoms with E-state index in [1.807, 2.05) is 52.9 Å². The van der Waals surface area contributed by atoms with Gasteiger partial charge in [0.15, 0.2) is 17.4 Å². The Morgan fingerprint density at radius 3 is 2.77 bits per heavy atom. The summed E-state index contributed by atoms with van der Waals surface area (Å²) in [4.78, 5) is 13.7. The third-order valence-corrected chi connectivity index (χ3v) is 5.55. The second kappa shape index (κ2) is 8.18. The van der Waals surface area contributed by atoms with Crippen LogP contribution in [-0.4, -0.2) is 36.4 Å². The molecule has 0 bridgehead atoms. The van der Waals surface area contributed by atoms with E-state index >= 15 is 0 Å². The number of hydrogen-bond acceptors (Lipinski definition) is 5. The molecule has 0 radical (unpaired) electrons. The number of aromatic nitrogens is 6. The zero-order valence-electron chi connectivity index (χ0n) is 17.6. The van der Waals surface area contributed by atoms with Gasteiger partial charge in [0, 0.05) is 24.9 Å². The van der Waals surface area contributed by atoms with Crippen LogP contribution in [0.1, 0.15) is 47.2 Å². The van der Waals surface area contributed by atoms with Crippen molar-refractivity contribution in [1.82, 2.24) is 29.3 Å². The van der Waals surface area contributed by atoms with E-state index in [2.05, 4.69) is 34.2 Å². The molecule has 4 heterocycles. The smallest absolute Gasteiger partial charge is 0.180 e. The fourth-order valence-electron chi connectivity index (χ4n) is 4.04. The van der Waals surface area contributed by atoms with Gasteiger partial charge >= 0.3 is 0 Å². The molecule has 5 rings (SSSR count). The first-order valence-electron chi connectivity index (χ1n) is 10.4. The third kappa shape index (κ3) is 3.86. The lowest BCUT2D eigenvalue weighted by Gasteiger charge is -2.22. The van der Waals surface area contributed by atoms with E-state index in [-0.39, 0.29) is 0 Å². The number of imidazole rings is 1. The average molecular weight is 412 g/mol. The summed E-state index contributed by atoms with van der Waals surface area (Å²) in [6.07, 6.45) is 11.6. The quantitative estimate of drug-likeness (QED) is 0.489. The summed E-state index contributed by atoms with van der Waals surface area (Å²) in [6.45, 7) is 2.85. The fraction of sp³-hybridized carbons (Fsp3) is 0.250. The second-order valence-corrected chi connectivity index (χ2v) is 7.71. The van der Waals surface area contributed by atoms with E-state index < -0.39 is 0 Å². The van der Waals surface area contributed by atoms with Crippen LogP contribution in [0.25, 0.3) is 18.0 Å². The van der Waals surface area contributed by atoms with Gasteiger partial charge in [-0.05, 0) is 49.1 Å². The van der Waals surface area contributed by atoms with E-state index in [0.29, 0.717) is 23.3 Å². The number of hydrogen-bond donors (Lipinski definition) is 0. The molecule has 1 aromatic carbocycles. The molecule has 0 saturated heterocycles. The van der Waals surface area contributed by atoms with Crippen LogP contribution in [0.5, 0.6) is 5.75 Å². The van der Waals surface area contributed by atoms with Crippen molar-refractivity contribution in [1.29, 1.82) is 0 Å². The maximum atomic E-state index is 5.55. The van der Waals surface area contributed by atoms with Crippen molar-refractivity contribution < 1.29 is 4.74 Å². The third-order valence-electron chi connectivity index (χ3n) is 5.55. The highest BCUT2D eigenvalue weighted by molar-refractivity contribution is 5.67. The maximum Gasteiger partial charge on any atom is 0.180 e. The Morgan fingerprint density at radius 2 is 2.00 bits per heavy atom. The molecule has 31 heavy (non-hydrogen) atoms. The molecule has 3 aromatic heterocycles. The highest BCUT2D eigenvalue weighted by Crippen LogP contribution is 2.32. The zero-order chi connectivity index (χ0) is 21.2. The van der Waals surface area contributed by atoms with Crippen LogP contribution in [0.15, 0.2) is 55.1 Å². The lowest BCUT2D eigenvalue weighted by molar-refractivity contribution is 0.410. The lowest BCUT2D eigenvalue weighted by atomic mass is 9.91. The summed E-state index contributed by atoms with van der Waals surface area (Å²) in [5, 5.41) is 4.71. The van der Waals surface area contributed by atoms with Crippen LogP contribution in [0.3, 0.4) is 0 Å². The predicted molar refractivity (Wildman–Crippen MR) is 119 cm³/mol. The molecule has 0 amide bonds. The van der Waals surface area contributed by atoms with Crippen molar-refractivity contribution in [3.63, 3.8) is 0 Å². The van der Waals surface area contributed by atoms with Crippen molar-refractivity contribution in [2.75, 3.05) is 7.11 Å². The van der Waals surface area contributed by atoms with Gasteiger partial charge in [0.05, 0.1) is 12.8 Å². The van der Waals surface area contributed by atoms with E-state index in [4.69, 9.17) is 14.8 Å². The molecule has 0 N–H and O–H groups in total. The number of pyridine rings is 1. The summed E-state index contributed by atoms with van der Waals surface area (Å²) in [6, 6.07) is 12.5. The topological polar surface area (TPSA) is 70.7 Å². The SMILES string of the molecule is COc1cc(/C=C/c2nc3n(n2)CCC[C@H]3c2ccccc2)cnc1-n1cnc(C)c1. The Hall–Kier alpha value is -3.74. The molecule has 4 aromatic rings. The summed E-state index contributed by atoms with van der Waals surface area (Å²) in [5.74, 6) is 3.44. The second-order valence-electron chi connectivity index (χ2n) is 7.71.